The van der Waals surface area contributed by atoms with E-state index in [0.29, 0.717) is 25.9 Å². The molecule has 1 fully saturated rings. The Morgan fingerprint density at radius 3 is 2.70 bits per heavy atom. The molecule has 1 N–H and O–H groups in total. The summed E-state index contributed by atoms with van der Waals surface area (Å²) in [6, 6.07) is 0. The minimum atomic E-state index is -0.944. The molecule has 0 aliphatic carbocycles. The minimum Gasteiger partial charge on any atom is -0.463 e. The molecule has 5 nitrogen and oxygen atoms in total. The van der Waals surface area contributed by atoms with Gasteiger partial charge in [-0.1, -0.05) is 31.9 Å². The van der Waals surface area contributed by atoms with Crippen LogP contribution in [0.5, 0.6) is 0 Å². The van der Waals surface area contributed by atoms with Gasteiger partial charge in [-0.2, -0.15) is 0 Å². The molecule has 0 radical (unpaired) electrons. The van der Waals surface area contributed by atoms with Crippen molar-refractivity contribution >= 4 is 5.97 Å². The van der Waals surface area contributed by atoms with E-state index in [2.05, 4.69) is 24.0 Å². The van der Waals surface area contributed by atoms with Crippen LogP contribution in [-0.2, 0) is 19.2 Å². The molecule has 132 valence electrons. The van der Waals surface area contributed by atoms with E-state index in [-0.39, 0.29) is 12.1 Å². The van der Waals surface area contributed by atoms with Gasteiger partial charge in [0.25, 0.3) is 0 Å². The fraction of sp³-hybridized carbons (Fsp3) is 0.722. The number of hydrogen-bond donors (Lipinski definition) is 1. The van der Waals surface area contributed by atoms with Crippen LogP contribution < -0.4 is 0 Å². The molecule has 23 heavy (non-hydrogen) atoms. The average molecular weight is 326 g/mol. The summed E-state index contributed by atoms with van der Waals surface area (Å²) < 4.78 is 10.6. The summed E-state index contributed by atoms with van der Waals surface area (Å²) >= 11 is 0. The smallest absolute Gasteiger partial charge is 0.330 e. The summed E-state index contributed by atoms with van der Waals surface area (Å²) in [5, 5.41) is 9.21. The zero-order chi connectivity index (χ0) is 17.0. The van der Waals surface area contributed by atoms with Crippen LogP contribution in [0.1, 0.15) is 65.2 Å². The van der Waals surface area contributed by atoms with E-state index >= 15 is 0 Å². The number of carbonyl (C=O) groups is 1. The Hall–Kier alpha value is -1.17. The number of hydrogen-bond acceptors (Lipinski definition) is 5. The van der Waals surface area contributed by atoms with E-state index in [1.165, 1.54) is 18.9 Å². The van der Waals surface area contributed by atoms with Crippen molar-refractivity contribution in [2.45, 2.75) is 77.1 Å². The van der Waals surface area contributed by atoms with Crippen LogP contribution in [0.15, 0.2) is 24.3 Å². The van der Waals surface area contributed by atoms with Gasteiger partial charge in [0, 0.05) is 18.9 Å². The first-order valence-corrected chi connectivity index (χ1v) is 8.66. The van der Waals surface area contributed by atoms with Crippen molar-refractivity contribution in [3.63, 3.8) is 0 Å². The highest BCUT2D eigenvalue weighted by molar-refractivity contribution is 5.81. The van der Waals surface area contributed by atoms with Gasteiger partial charge in [0.1, 0.15) is 0 Å². The lowest BCUT2D eigenvalue weighted by molar-refractivity contribution is -0.398. The summed E-state index contributed by atoms with van der Waals surface area (Å²) in [5.74, 6) is -1.32. The molecule has 0 aromatic carbocycles. The largest absolute Gasteiger partial charge is 0.463 e. The zero-order valence-corrected chi connectivity index (χ0v) is 14.3. The minimum absolute atomic E-state index is 0.230. The van der Waals surface area contributed by atoms with Crippen LogP contribution in [0.4, 0.5) is 0 Å². The maximum Gasteiger partial charge on any atom is 0.330 e. The number of rotatable bonds is 11. The zero-order valence-electron chi connectivity index (χ0n) is 14.3. The summed E-state index contributed by atoms with van der Waals surface area (Å²) in [7, 11) is 0. The van der Waals surface area contributed by atoms with Gasteiger partial charge in [-0.3, -0.25) is 0 Å². The molecule has 1 aliphatic heterocycles. The summed E-state index contributed by atoms with van der Waals surface area (Å²) in [5.41, 5.74) is 0. The molecule has 1 heterocycles. The number of unbranched alkanes of at least 4 members (excludes halogenated alkanes) is 3. The van der Waals surface area contributed by atoms with Crippen molar-refractivity contribution < 1.29 is 24.4 Å². The maximum atomic E-state index is 11.3. The normalized spacial score (nSPS) is 24.7. The first-order valence-electron chi connectivity index (χ1n) is 8.66. The third-order valence-corrected chi connectivity index (χ3v) is 3.90. The second-order valence-corrected chi connectivity index (χ2v) is 5.81. The molecule has 0 amide bonds. The van der Waals surface area contributed by atoms with Gasteiger partial charge in [0.05, 0.1) is 12.7 Å². The first kappa shape index (κ1) is 19.9. The van der Waals surface area contributed by atoms with Crippen molar-refractivity contribution in [1.82, 2.24) is 0 Å². The molecular weight excluding hydrogens is 296 g/mol. The van der Waals surface area contributed by atoms with Gasteiger partial charge < -0.3 is 9.47 Å². The Bertz CT molecular complexity index is 391. The standard InChI is InChI=1S/C18H30O5/c1-3-5-6-7-8-9-10-14-18(23-20)15-13-16(22-18)11-12-17(19)21-4-2/h7-8,11-12,16,20H,3-6,9-10,13-15H2,1-2H3/b8-7+,12-11+/t16-,18-/m1/s1. The Morgan fingerprint density at radius 2 is 2.04 bits per heavy atom. The van der Waals surface area contributed by atoms with Crippen LogP contribution in [0.25, 0.3) is 0 Å². The lowest BCUT2D eigenvalue weighted by Crippen LogP contribution is -2.31. The molecule has 0 spiro atoms. The fourth-order valence-corrected chi connectivity index (χ4v) is 2.61. The highest BCUT2D eigenvalue weighted by atomic mass is 17.1. The maximum absolute atomic E-state index is 11.3. The lowest BCUT2D eigenvalue weighted by Gasteiger charge is -2.25. The van der Waals surface area contributed by atoms with E-state index in [0.717, 1.165) is 19.3 Å². The molecule has 0 bridgehead atoms. The molecule has 0 aromatic heterocycles. The van der Waals surface area contributed by atoms with Crippen molar-refractivity contribution in [2.24, 2.45) is 0 Å². The topological polar surface area (TPSA) is 65.0 Å². The fourth-order valence-electron chi connectivity index (χ4n) is 2.61. The molecule has 1 rings (SSSR count). The summed E-state index contributed by atoms with van der Waals surface area (Å²) in [4.78, 5) is 15.9. The van der Waals surface area contributed by atoms with Gasteiger partial charge >= 0.3 is 5.97 Å². The molecule has 0 saturated carbocycles. The van der Waals surface area contributed by atoms with E-state index in [9.17, 15) is 10.1 Å². The van der Waals surface area contributed by atoms with Gasteiger partial charge in [-0.05, 0) is 38.7 Å². The third kappa shape index (κ3) is 7.77. The van der Waals surface area contributed by atoms with Crippen molar-refractivity contribution in [3.8, 4) is 0 Å². The summed E-state index contributed by atoms with van der Waals surface area (Å²) in [6.45, 7) is 4.30. The molecule has 1 saturated heterocycles. The van der Waals surface area contributed by atoms with Gasteiger partial charge in [-0.25, -0.2) is 14.9 Å². The van der Waals surface area contributed by atoms with E-state index in [4.69, 9.17) is 9.47 Å². The average Bonchev–Trinajstić information content (AvgIpc) is 2.96. The number of esters is 1. The SMILES string of the molecule is CCCC/C=C/CCC[C@@]1(OO)CC[C@@H](/C=C/C(=O)OCC)O1. The monoisotopic (exact) mass is 326 g/mol. The van der Waals surface area contributed by atoms with E-state index < -0.39 is 5.79 Å². The number of allylic oxidation sites excluding steroid dienone is 2. The van der Waals surface area contributed by atoms with Crippen molar-refractivity contribution in [1.29, 1.82) is 0 Å². The Morgan fingerprint density at radius 1 is 1.30 bits per heavy atom. The van der Waals surface area contributed by atoms with Crippen LogP contribution in [0.2, 0.25) is 0 Å². The predicted molar refractivity (Wildman–Crippen MR) is 88.8 cm³/mol. The van der Waals surface area contributed by atoms with Crippen molar-refractivity contribution in [3.05, 3.63) is 24.3 Å². The molecule has 0 aromatic rings. The second-order valence-electron chi connectivity index (χ2n) is 5.81. The van der Waals surface area contributed by atoms with Gasteiger partial charge in [-0.15, -0.1) is 0 Å². The highest BCUT2D eigenvalue weighted by Gasteiger charge is 2.40. The number of carbonyl (C=O) groups excluding carboxylic acids is 1. The Kier molecular flexibility index (Phi) is 9.83. The molecule has 5 heteroatoms. The second kappa shape index (κ2) is 11.4. The number of ether oxygens (including phenoxy) is 2. The van der Waals surface area contributed by atoms with Crippen LogP contribution in [0, 0.1) is 0 Å². The van der Waals surface area contributed by atoms with E-state index in [1.54, 1.807) is 13.0 Å². The molecule has 0 unspecified atom stereocenters. The highest BCUT2D eigenvalue weighted by Crippen LogP contribution is 2.35. The Balaban J connectivity index is 2.32. The van der Waals surface area contributed by atoms with Crippen molar-refractivity contribution in [2.75, 3.05) is 6.61 Å². The van der Waals surface area contributed by atoms with Gasteiger partial charge in [0.2, 0.25) is 5.79 Å². The van der Waals surface area contributed by atoms with Crippen LogP contribution in [-0.4, -0.2) is 29.7 Å². The van der Waals surface area contributed by atoms with Crippen LogP contribution in [0.3, 0.4) is 0 Å². The molecule has 2 atom stereocenters. The summed E-state index contributed by atoms with van der Waals surface area (Å²) in [6.07, 6.45) is 14.5. The molecule has 1 aliphatic rings. The quantitative estimate of drug-likeness (QED) is 0.152. The van der Waals surface area contributed by atoms with E-state index in [1.807, 2.05) is 0 Å². The third-order valence-electron chi connectivity index (χ3n) is 3.90. The van der Waals surface area contributed by atoms with Crippen LogP contribution >= 0.6 is 0 Å². The lowest BCUT2D eigenvalue weighted by atomic mass is 10.0. The predicted octanol–water partition coefficient (Wildman–Crippen LogP) is 4.39. The Labute approximate surface area is 139 Å². The molecular formula is C18H30O5. The van der Waals surface area contributed by atoms with Gasteiger partial charge in [0.15, 0.2) is 0 Å². The first-order chi connectivity index (χ1) is 11.2.